The third-order valence-electron chi connectivity index (χ3n) is 5.46. The first kappa shape index (κ1) is 33.1. The van der Waals surface area contributed by atoms with Gasteiger partial charge in [-0.3, -0.25) is 14.4 Å². The summed E-state index contributed by atoms with van der Waals surface area (Å²) >= 11 is 0. The summed E-state index contributed by atoms with van der Waals surface area (Å²) in [6.07, 6.45) is 29.4. The second kappa shape index (κ2) is 23.9. The number of methoxy groups -OCH3 is 1. The van der Waals surface area contributed by atoms with Gasteiger partial charge < -0.3 is 10.1 Å². The molecule has 2 rings (SSSR count). The number of hydrogen-bond donors (Lipinski definition) is 1. The Labute approximate surface area is 219 Å². The number of hydrogen-bond acceptors (Lipinski definition) is 4. The minimum Gasteiger partial charge on any atom is -0.469 e. The molecule has 0 saturated heterocycles. The molecule has 2 aliphatic carbocycles. The van der Waals surface area contributed by atoms with E-state index in [0.29, 0.717) is 19.3 Å². The van der Waals surface area contributed by atoms with Crippen molar-refractivity contribution in [3.8, 4) is 0 Å². The van der Waals surface area contributed by atoms with Crippen LogP contribution in [0.15, 0.2) is 0 Å². The molecule has 0 atom stereocenters. The van der Waals surface area contributed by atoms with Crippen molar-refractivity contribution in [2.75, 3.05) is 13.7 Å². The predicted octanol–water partition coefficient (Wildman–Crippen LogP) is 5.34. The van der Waals surface area contributed by atoms with E-state index in [1.807, 2.05) is 57.8 Å². The van der Waals surface area contributed by atoms with Crippen molar-refractivity contribution in [1.82, 2.24) is 5.32 Å². The van der Waals surface area contributed by atoms with Crippen LogP contribution in [0.5, 0.6) is 0 Å². The van der Waals surface area contributed by atoms with Gasteiger partial charge in [0.1, 0.15) is 5.78 Å². The third-order valence-corrected chi connectivity index (χ3v) is 5.46. The molecule has 0 bridgehead atoms. The Hall–Kier alpha value is -0.871. The molecular weight excluding hydrogens is 470 g/mol. The number of ether oxygens (including phenoxy) is 1. The van der Waals surface area contributed by atoms with Gasteiger partial charge in [0, 0.05) is 31.7 Å². The zero-order valence-electron chi connectivity index (χ0n) is 20.6. The molecule has 2 saturated carbocycles. The summed E-state index contributed by atoms with van der Waals surface area (Å²) in [5.74, 6) is 0.902. The van der Waals surface area contributed by atoms with E-state index in [1.165, 1.54) is 32.8 Å². The number of Topliss-reactive ketones (excluding diaryl/α,β-unsaturated/α-hetero) is 1. The zero-order chi connectivity index (χ0) is 24.0. The molecule has 0 aromatic rings. The number of carbonyl (C=O) groups is 3. The Morgan fingerprint density at radius 3 is 1.68 bits per heavy atom. The van der Waals surface area contributed by atoms with Gasteiger partial charge in [-0.2, -0.15) is 0 Å². The van der Waals surface area contributed by atoms with E-state index < -0.39 is 0 Å². The smallest absolute Gasteiger partial charge is 0.469 e. The van der Waals surface area contributed by atoms with Crippen LogP contribution < -0.4 is 5.32 Å². The van der Waals surface area contributed by atoms with E-state index in [2.05, 4.69) is 10.1 Å². The monoisotopic (exact) mass is 511 g/mol. The fourth-order valence-corrected chi connectivity index (χ4v) is 3.47. The second-order valence-electron chi connectivity index (χ2n) is 8.27. The first-order valence-corrected chi connectivity index (χ1v) is 12.4. The molecule has 1 amide bonds. The van der Waals surface area contributed by atoms with Crippen LogP contribution in [0.25, 0.3) is 0 Å². The molecule has 0 heterocycles. The van der Waals surface area contributed by atoms with Gasteiger partial charge in [0.05, 0.1) is 7.11 Å². The van der Waals surface area contributed by atoms with E-state index >= 15 is 0 Å². The van der Waals surface area contributed by atoms with Crippen LogP contribution in [0.2, 0.25) is 0 Å². The van der Waals surface area contributed by atoms with E-state index in [1.54, 1.807) is 0 Å². The van der Waals surface area contributed by atoms with Gasteiger partial charge in [0.2, 0.25) is 5.91 Å². The van der Waals surface area contributed by atoms with Crippen LogP contribution >= 0.6 is 0 Å². The van der Waals surface area contributed by atoms with Crippen molar-refractivity contribution >= 4 is 17.7 Å². The van der Waals surface area contributed by atoms with Gasteiger partial charge in [0.15, 0.2) is 0 Å². The molecule has 0 aromatic heterocycles. The standard InChI is InChI=1S/C23H36NO4.C5H5.Fe/c1-28-23(27)18-8-6-4-2-3-5-7-13-19-24-22(26)17-12-11-16-21(25)20-14-9-10-15-20;1-2-4-5-3-1;/h9-10,14-15H,2-8,11-13,16-19H2,1H3,(H,24,26);1-5H;/q;;+2. The number of unbranched alkanes of at least 4 members (excludes halogenated alkanes) is 8. The van der Waals surface area contributed by atoms with Gasteiger partial charge >= 0.3 is 23.0 Å². The van der Waals surface area contributed by atoms with Crippen molar-refractivity contribution < 1.29 is 36.2 Å². The van der Waals surface area contributed by atoms with E-state index in [9.17, 15) is 14.4 Å². The number of carbonyl (C=O) groups excluding carboxylic acids is 3. The zero-order valence-corrected chi connectivity index (χ0v) is 21.7. The molecule has 0 aromatic carbocycles. The molecule has 1 N–H and O–H groups in total. The largest absolute Gasteiger partial charge is 2.00 e. The van der Waals surface area contributed by atoms with Crippen molar-refractivity contribution in [3.63, 3.8) is 0 Å². The fourth-order valence-electron chi connectivity index (χ4n) is 3.47. The molecule has 0 spiro atoms. The second-order valence-corrected chi connectivity index (χ2v) is 8.27. The van der Waals surface area contributed by atoms with Crippen LogP contribution in [-0.4, -0.2) is 31.3 Å². The molecule has 188 valence electrons. The minimum absolute atomic E-state index is 0. The Morgan fingerprint density at radius 1 is 0.647 bits per heavy atom. The average Bonchev–Trinajstić information content (AvgIpc) is 3.57. The Morgan fingerprint density at radius 2 is 1.12 bits per heavy atom. The van der Waals surface area contributed by atoms with Gasteiger partial charge in [-0.15, -0.1) is 0 Å². The SMILES string of the molecule is COC(=O)CCCCCCCCCCNC(=O)CCCCC(=O)[C]1[CH][CH][CH][CH]1.[CH]1[CH][CH][CH][CH]1.[Fe+2]. The van der Waals surface area contributed by atoms with Crippen LogP contribution in [0, 0.1) is 63.7 Å². The van der Waals surface area contributed by atoms with Crippen LogP contribution in [0.3, 0.4) is 0 Å². The molecule has 6 heteroatoms. The van der Waals surface area contributed by atoms with Crippen molar-refractivity contribution in [1.29, 1.82) is 0 Å². The molecule has 2 fully saturated rings. The van der Waals surface area contributed by atoms with E-state index in [-0.39, 0.29) is 34.7 Å². The van der Waals surface area contributed by atoms with Gasteiger partial charge in [0.25, 0.3) is 0 Å². The Balaban J connectivity index is 0.00000160. The summed E-state index contributed by atoms with van der Waals surface area (Å²) in [5, 5.41) is 2.97. The third kappa shape index (κ3) is 19.4. The minimum atomic E-state index is -0.117. The van der Waals surface area contributed by atoms with Crippen molar-refractivity contribution in [2.24, 2.45) is 0 Å². The molecule has 34 heavy (non-hydrogen) atoms. The molecule has 2 aliphatic rings. The normalized spacial score (nSPS) is 15.2. The average molecular weight is 511 g/mol. The van der Waals surface area contributed by atoms with Crippen LogP contribution in [0.1, 0.15) is 83.5 Å². The van der Waals surface area contributed by atoms with Gasteiger partial charge in [-0.25, -0.2) is 0 Å². The molecular formula is C28H41FeNO4+2. The van der Waals surface area contributed by atoms with Crippen molar-refractivity contribution in [2.45, 2.75) is 83.5 Å². The summed E-state index contributed by atoms with van der Waals surface area (Å²) in [5.41, 5.74) is 0. The summed E-state index contributed by atoms with van der Waals surface area (Å²) in [7, 11) is 1.43. The van der Waals surface area contributed by atoms with Gasteiger partial charge in [-0.05, 0) is 83.5 Å². The van der Waals surface area contributed by atoms with E-state index in [4.69, 9.17) is 0 Å². The summed E-state index contributed by atoms with van der Waals surface area (Å²) in [6.45, 7) is 0.740. The maximum atomic E-state index is 11.8. The van der Waals surface area contributed by atoms with E-state index in [0.717, 1.165) is 51.0 Å². The number of nitrogens with one attached hydrogen (secondary N) is 1. The maximum absolute atomic E-state index is 11.8. The molecule has 0 aliphatic heterocycles. The maximum Gasteiger partial charge on any atom is 2.00 e. The Kier molecular flexibility index (Phi) is 23.2. The number of amides is 1. The van der Waals surface area contributed by atoms with Gasteiger partial charge in [-0.1, -0.05) is 38.5 Å². The van der Waals surface area contributed by atoms with Crippen molar-refractivity contribution in [3.05, 3.63) is 63.7 Å². The van der Waals surface area contributed by atoms with Crippen LogP contribution in [0.4, 0.5) is 0 Å². The predicted molar refractivity (Wildman–Crippen MR) is 132 cm³/mol. The number of ketones is 1. The first-order chi connectivity index (χ1) is 16.1. The summed E-state index contributed by atoms with van der Waals surface area (Å²) < 4.78 is 4.62. The summed E-state index contributed by atoms with van der Waals surface area (Å²) in [6, 6.07) is 0. The number of rotatable bonds is 17. The molecule has 5 nitrogen and oxygen atoms in total. The summed E-state index contributed by atoms with van der Waals surface area (Å²) in [4.78, 5) is 34.6. The quantitative estimate of drug-likeness (QED) is 0.163. The topological polar surface area (TPSA) is 72.5 Å². The molecule has 0 unspecified atom stereocenters. The number of esters is 1. The van der Waals surface area contributed by atoms with Crippen LogP contribution in [-0.2, 0) is 36.2 Å². The molecule has 10 radical (unpaired) electrons. The first-order valence-electron chi connectivity index (χ1n) is 12.4. The fraction of sp³-hybridized carbons (Fsp3) is 0.536. The Bertz CT molecular complexity index is 509.